The van der Waals surface area contributed by atoms with Crippen molar-refractivity contribution in [2.75, 3.05) is 5.32 Å². The second-order valence-electron chi connectivity index (χ2n) is 8.87. The minimum absolute atomic E-state index is 0.151. The molecule has 4 heterocycles. The second-order valence-corrected chi connectivity index (χ2v) is 9.27. The predicted molar refractivity (Wildman–Crippen MR) is 119 cm³/mol. The molecule has 0 amide bonds. The molecular formula is C24H25ClN4O. The molecule has 5 nitrogen and oxygen atoms in total. The Balaban J connectivity index is 1.40. The summed E-state index contributed by atoms with van der Waals surface area (Å²) in [4.78, 5) is 6.89. The van der Waals surface area contributed by atoms with E-state index in [9.17, 15) is 0 Å². The van der Waals surface area contributed by atoms with Crippen LogP contribution >= 0.6 is 11.6 Å². The number of halogens is 1. The van der Waals surface area contributed by atoms with Gasteiger partial charge in [-0.2, -0.15) is 0 Å². The molecule has 154 valence electrons. The molecule has 1 aliphatic carbocycles. The van der Waals surface area contributed by atoms with Gasteiger partial charge in [-0.15, -0.1) is 0 Å². The van der Waals surface area contributed by atoms with Crippen LogP contribution in [0.15, 0.2) is 47.3 Å². The SMILES string of the molecule is C=C1Nc2c(Cl)cc3cc(CN4Cc5cccnc5C4)oc3c2C2(CCCCC2)N1. The van der Waals surface area contributed by atoms with Gasteiger partial charge in [-0.1, -0.05) is 43.5 Å². The molecule has 0 saturated heterocycles. The van der Waals surface area contributed by atoms with Crippen molar-refractivity contribution in [2.24, 2.45) is 0 Å². The van der Waals surface area contributed by atoms with Crippen molar-refractivity contribution in [3.05, 3.63) is 70.5 Å². The number of fused-ring (bicyclic) bond motifs is 5. The molecule has 2 aliphatic heterocycles. The topological polar surface area (TPSA) is 53.3 Å². The fourth-order valence-corrected chi connectivity index (χ4v) is 5.78. The number of hydrogen-bond donors (Lipinski definition) is 2. The maximum Gasteiger partial charge on any atom is 0.142 e. The van der Waals surface area contributed by atoms with Gasteiger partial charge in [0.15, 0.2) is 0 Å². The largest absolute Gasteiger partial charge is 0.459 e. The Hall–Kier alpha value is -2.50. The summed E-state index contributed by atoms with van der Waals surface area (Å²) < 4.78 is 6.51. The molecule has 2 aromatic heterocycles. The molecule has 0 bridgehead atoms. The minimum atomic E-state index is -0.151. The van der Waals surface area contributed by atoms with Crippen molar-refractivity contribution in [2.45, 2.75) is 57.3 Å². The van der Waals surface area contributed by atoms with Gasteiger partial charge in [-0.05, 0) is 36.6 Å². The monoisotopic (exact) mass is 420 g/mol. The molecule has 1 spiro atoms. The van der Waals surface area contributed by atoms with E-state index in [1.165, 1.54) is 36.1 Å². The first-order valence-electron chi connectivity index (χ1n) is 10.8. The molecule has 1 saturated carbocycles. The fraction of sp³-hybridized carbons (Fsp3) is 0.375. The highest BCUT2D eigenvalue weighted by Gasteiger charge is 2.42. The van der Waals surface area contributed by atoms with Crippen LogP contribution in [0.4, 0.5) is 5.69 Å². The summed E-state index contributed by atoms with van der Waals surface area (Å²) in [5.41, 5.74) is 5.41. The summed E-state index contributed by atoms with van der Waals surface area (Å²) in [7, 11) is 0. The molecule has 6 heteroatoms. The second kappa shape index (κ2) is 6.76. The third-order valence-corrected chi connectivity index (χ3v) is 7.09. The van der Waals surface area contributed by atoms with Gasteiger partial charge in [0.2, 0.25) is 0 Å². The summed E-state index contributed by atoms with van der Waals surface area (Å²) in [6, 6.07) is 8.34. The highest BCUT2D eigenvalue weighted by Crippen LogP contribution is 2.49. The van der Waals surface area contributed by atoms with Gasteiger partial charge in [0.25, 0.3) is 0 Å². The zero-order chi connectivity index (χ0) is 20.3. The van der Waals surface area contributed by atoms with Gasteiger partial charge in [0.05, 0.1) is 34.3 Å². The Morgan fingerprint density at radius 3 is 2.90 bits per heavy atom. The molecule has 0 radical (unpaired) electrons. The lowest BCUT2D eigenvalue weighted by molar-refractivity contribution is 0.243. The molecule has 3 aliphatic rings. The molecule has 6 rings (SSSR count). The van der Waals surface area contributed by atoms with E-state index >= 15 is 0 Å². The number of furan rings is 1. The summed E-state index contributed by atoms with van der Waals surface area (Å²) >= 11 is 6.74. The van der Waals surface area contributed by atoms with E-state index in [2.05, 4.69) is 39.2 Å². The Labute approximate surface area is 181 Å². The van der Waals surface area contributed by atoms with E-state index in [0.29, 0.717) is 0 Å². The number of aromatic nitrogens is 1. The first-order chi connectivity index (χ1) is 14.6. The molecule has 0 unspecified atom stereocenters. The number of hydrogen-bond acceptors (Lipinski definition) is 5. The normalized spacial score (nSPS) is 20.1. The average molecular weight is 421 g/mol. The highest BCUT2D eigenvalue weighted by molar-refractivity contribution is 6.34. The number of pyridine rings is 1. The first-order valence-corrected chi connectivity index (χ1v) is 11.1. The number of rotatable bonds is 2. The van der Waals surface area contributed by atoms with Crippen LogP contribution < -0.4 is 10.6 Å². The van der Waals surface area contributed by atoms with Crippen molar-refractivity contribution in [1.29, 1.82) is 0 Å². The molecular weight excluding hydrogens is 396 g/mol. The third-order valence-electron chi connectivity index (χ3n) is 6.79. The Morgan fingerprint density at radius 2 is 2.07 bits per heavy atom. The van der Waals surface area contributed by atoms with Gasteiger partial charge in [-0.25, -0.2) is 0 Å². The molecule has 3 aromatic rings. The Kier molecular flexibility index (Phi) is 4.12. The molecule has 30 heavy (non-hydrogen) atoms. The van der Waals surface area contributed by atoms with Crippen molar-refractivity contribution >= 4 is 28.3 Å². The standard InChI is InChI=1S/C24H25ClN4O/c1-15-27-22-19(25)11-17-10-18(13-29-12-16-6-5-9-26-20(16)14-29)30-23(17)21(22)24(28-15)7-3-2-4-8-24/h5-6,9-11,27-28H,1-4,7-8,12-14H2. The van der Waals surface area contributed by atoms with Crippen LogP contribution in [0, 0.1) is 0 Å². The maximum atomic E-state index is 6.74. The van der Waals surface area contributed by atoms with Crippen LogP contribution in [0.5, 0.6) is 0 Å². The van der Waals surface area contributed by atoms with Crippen LogP contribution in [0.2, 0.25) is 5.02 Å². The first kappa shape index (κ1) is 18.3. The van der Waals surface area contributed by atoms with Gasteiger partial charge in [0.1, 0.15) is 11.3 Å². The Bertz CT molecular complexity index is 1140. The van der Waals surface area contributed by atoms with Crippen molar-refractivity contribution < 1.29 is 4.42 Å². The van der Waals surface area contributed by atoms with Crippen LogP contribution in [-0.2, 0) is 25.2 Å². The summed E-state index contributed by atoms with van der Waals surface area (Å²) in [5, 5.41) is 8.83. The van der Waals surface area contributed by atoms with Crippen LogP contribution in [0.25, 0.3) is 11.0 Å². The van der Waals surface area contributed by atoms with E-state index in [4.69, 9.17) is 16.0 Å². The smallest absolute Gasteiger partial charge is 0.142 e. The molecule has 0 atom stereocenters. The fourth-order valence-electron chi connectivity index (χ4n) is 5.52. The van der Waals surface area contributed by atoms with E-state index in [1.807, 2.05) is 18.3 Å². The van der Waals surface area contributed by atoms with Crippen LogP contribution in [0.3, 0.4) is 0 Å². The maximum absolute atomic E-state index is 6.74. The van der Waals surface area contributed by atoms with Crippen molar-refractivity contribution in [3.8, 4) is 0 Å². The molecule has 1 aromatic carbocycles. The average Bonchev–Trinajstić information content (AvgIpc) is 3.31. The van der Waals surface area contributed by atoms with Crippen LogP contribution in [0.1, 0.15) is 54.7 Å². The van der Waals surface area contributed by atoms with Crippen molar-refractivity contribution in [3.63, 3.8) is 0 Å². The summed E-state index contributed by atoms with van der Waals surface area (Å²) in [6.45, 7) is 6.68. The summed E-state index contributed by atoms with van der Waals surface area (Å²) in [6.07, 6.45) is 7.67. The van der Waals surface area contributed by atoms with E-state index < -0.39 is 0 Å². The van der Waals surface area contributed by atoms with E-state index in [0.717, 1.165) is 65.7 Å². The lowest BCUT2D eigenvalue weighted by Gasteiger charge is -2.44. The van der Waals surface area contributed by atoms with Gasteiger partial charge < -0.3 is 15.1 Å². The number of nitrogens with zero attached hydrogens (tertiary/aromatic N) is 2. The Morgan fingerprint density at radius 1 is 1.20 bits per heavy atom. The van der Waals surface area contributed by atoms with Gasteiger partial charge >= 0.3 is 0 Å². The zero-order valence-corrected chi connectivity index (χ0v) is 17.7. The minimum Gasteiger partial charge on any atom is -0.459 e. The molecule has 2 N–H and O–H groups in total. The molecule has 1 fully saturated rings. The van der Waals surface area contributed by atoms with Gasteiger partial charge in [0, 0.05) is 30.2 Å². The number of anilines is 1. The van der Waals surface area contributed by atoms with E-state index in [1.54, 1.807) is 0 Å². The van der Waals surface area contributed by atoms with Crippen molar-refractivity contribution in [1.82, 2.24) is 15.2 Å². The lowest BCUT2D eigenvalue weighted by Crippen LogP contribution is -2.48. The predicted octanol–water partition coefficient (Wildman–Crippen LogP) is 5.64. The number of nitrogens with one attached hydrogen (secondary N) is 2. The lowest BCUT2D eigenvalue weighted by atomic mass is 9.74. The van der Waals surface area contributed by atoms with Crippen LogP contribution in [-0.4, -0.2) is 9.88 Å². The van der Waals surface area contributed by atoms with Gasteiger partial charge in [-0.3, -0.25) is 9.88 Å². The van der Waals surface area contributed by atoms with E-state index in [-0.39, 0.29) is 5.54 Å². The highest BCUT2D eigenvalue weighted by atomic mass is 35.5. The summed E-state index contributed by atoms with van der Waals surface area (Å²) in [5.74, 6) is 1.79. The quantitative estimate of drug-likeness (QED) is 0.561. The number of benzene rings is 1. The third kappa shape index (κ3) is 2.83. The zero-order valence-electron chi connectivity index (χ0n) is 16.9.